The number of likely N-dealkylation sites (tertiary alicyclic amines) is 1. The lowest BCUT2D eigenvalue weighted by molar-refractivity contribution is -0.148. The summed E-state index contributed by atoms with van der Waals surface area (Å²) in [5.74, 6) is -0.516. The van der Waals surface area contributed by atoms with Gasteiger partial charge in [-0.05, 0) is 26.0 Å². The Morgan fingerprint density at radius 2 is 2.00 bits per heavy atom. The van der Waals surface area contributed by atoms with Crippen molar-refractivity contribution in [3.8, 4) is 0 Å². The Kier molecular flexibility index (Phi) is 5.66. The van der Waals surface area contributed by atoms with Crippen LogP contribution < -0.4 is 0 Å². The molecule has 0 radical (unpaired) electrons. The van der Waals surface area contributed by atoms with Gasteiger partial charge in [0.05, 0.1) is 6.61 Å². The summed E-state index contributed by atoms with van der Waals surface area (Å²) in [4.78, 5) is 24.6. The van der Waals surface area contributed by atoms with Crippen LogP contribution in [0.15, 0.2) is 0 Å². The van der Waals surface area contributed by atoms with E-state index in [0.29, 0.717) is 11.9 Å². The van der Waals surface area contributed by atoms with E-state index in [1.165, 1.54) is 0 Å². The Morgan fingerprint density at radius 1 is 1.38 bits per heavy atom. The van der Waals surface area contributed by atoms with Gasteiger partial charge in [-0.2, -0.15) is 11.8 Å². The van der Waals surface area contributed by atoms with Gasteiger partial charge >= 0.3 is 5.97 Å². The van der Waals surface area contributed by atoms with Gasteiger partial charge in [0.15, 0.2) is 0 Å². The summed E-state index contributed by atoms with van der Waals surface area (Å²) in [6.45, 7) is 3.61. The summed E-state index contributed by atoms with van der Waals surface area (Å²) in [5.41, 5.74) is 0. The summed E-state index contributed by atoms with van der Waals surface area (Å²) in [6.07, 6.45) is 4.03. The minimum atomic E-state index is -0.417. The summed E-state index contributed by atoms with van der Waals surface area (Å²) in [7, 11) is 0. The topological polar surface area (TPSA) is 46.6 Å². The van der Waals surface area contributed by atoms with Crippen LogP contribution in [0.25, 0.3) is 0 Å². The maximum absolute atomic E-state index is 11.7. The minimum Gasteiger partial charge on any atom is -0.466 e. The molecule has 0 aromatic heterocycles. The molecule has 16 heavy (non-hydrogen) atoms. The lowest BCUT2D eigenvalue weighted by atomic mass is 10.1. The average Bonchev–Trinajstić information content (AvgIpc) is 2.29. The number of thioether (sulfide) groups is 1. The zero-order valence-corrected chi connectivity index (χ0v) is 10.7. The molecule has 0 saturated carbocycles. The van der Waals surface area contributed by atoms with Gasteiger partial charge in [0.2, 0.25) is 5.91 Å². The Balaban J connectivity index is 2.30. The zero-order chi connectivity index (χ0) is 12.0. The Hall–Kier alpha value is -0.710. The van der Waals surface area contributed by atoms with Gasteiger partial charge in [-0.15, -0.1) is 0 Å². The minimum absolute atomic E-state index is 0.0991. The van der Waals surface area contributed by atoms with Crippen LogP contribution in [0.5, 0.6) is 0 Å². The predicted octanol–water partition coefficient (Wildman–Crippen LogP) is 1.29. The molecule has 0 aromatic carbocycles. The van der Waals surface area contributed by atoms with Crippen LogP contribution in [0.4, 0.5) is 0 Å². The molecule has 1 aliphatic heterocycles. The standard InChI is InChI=1S/C11H19NO3S/c1-3-15-11(14)8-10(13)12-6-4-9(16-2)5-7-12/h9H,3-8H2,1-2H3. The molecule has 0 atom stereocenters. The highest BCUT2D eigenvalue weighted by atomic mass is 32.2. The van der Waals surface area contributed by atoms with Gasteiger partial charge in [-0.25, -0.2) is 0 Å². The average molecular weight is 245 g/mol. The van der Waals surface area contributed by atoms with E-state index < -0.39 is 5.97 Å². The van der Waals surface area contributed by atoms with Crippen LogP contribution in [0.2, 0.25) is 0 Å². The SMILES string of the molecule is CCOC(=O)CC(=O)N1CCC(SC)CC1. The molecule has 0 spiro atoms. The van der Waals surface area contributed by atoms with Crippen molar-refractivity contribution in [1.29, 1.82) is 0 Å². The number of esters is 1. The number of carbonyl (C=O) groups excluding carboxylic acids is 2. The number of amides is 1. The van der Waals surface area contributed by atoms with E-state index in [-0.39, 0.29) is 12.3 Å². The van der Waals surface area contributed by atoms with Gasteiger partial charge in [0, 0.05) is 18.3 Å². The van der Waals surface area contributed by atoms with Crippen molar-refractivity contribution in [2.24, 2.45) is 0 Å². The lowest BCUT2D eigenvalue weighted by Gasteiger charge is -2.30. The van der Waals surface area contributed by atoms with Gasteiger partial charge in [0.25, 0.3) is 0 Å². The highest BCUT2D eigenvalue weighted by molar-refractivity contribution is 7.99. The number of hydrogen-bond acceptors (Lipinski definition) is 4. The number of rotatable bonds is 4. The molecule has 1 aliphatic rings. The first-order valence-electron chi connectivity index (χ1n) is 5.63. The molecule has 1 saturated heterocycles. The fourth-order valence-electron chi connectivity index (χ4n) is 1.79. The third-order valence-corrected chi connectivity index (χ3v) is 3.87. The van der Waals surface area contributed by atoms with E-state index in [0.717, 1.165) is 25.9 Å². The Bertz CT molecular complexity index is 250. The maximum atomic E-state index is 11.7. The molecule has 1 amide bonds. The van der Waals surface area contributed by atoms with Crippen LogP contribution in [-0.4, -0.2) is 48.0 Å². The Labute approximate surface area is 101 Å². The normalized spacial score (nSPS) is 17.2. The van der Waals surface area contributed by atoms with Crippen molar-refractivity contribution in [1.82, 2.24) is 4.90 Å². The van der Waals surface area contributed by atoms with Gasteiger partial charge < -0.3 is 9.64 Å². The predicted molar refractivity (Wildman–Crippen MR) is 64.4 cm³/mol. The molecular formula is C11H19NO3S. The van der Waals surface area contributed by atoms with E-state index in [4.69, 9.17) is 4.74 Å². The summed E-state index contributed by atoms with van der Waals surface area (Å²) < 4.78 is 4.76. The first-order chi connectivity index (χ1) is 7.67. The molecule has 1 rings (SSSR count). The smallest absolute Gasteiger partial charge is 0.315 e. The summed E-state index contributed by atoms with van der Waals surface area (Å²) in [5, 5.41) is 0.659. The second kappa shape index (κ2) is 6.78. The van der Waals surface area contributed by atoms with Crippen molar-refractivity contribution in [3.05, 3.63) is 0 Å². The zero-order valence-electron chi connectivity index (χ0n) is 9.90. The van der Waals surface area contributed by atoms with Gasteiger partial charge in [-0.3, -0.25) is 9.59 Å². The highest BCUT2D eigenvalue weighted by Gasteiger charge is 2.23. The molecule has 1 fully saturated rings. The van der Waals surface area contributed by atoms with E-state index in [9.17, 15) is 9.59 Å². The molecule has 5 heteroatoms. The number of hydrogen-bond donors (Lipinski definition) is 0. The third kappa shape index (κ3) is 4.04. The molecular weight excluding hydrogens is 226 g/mol. The third-order valence-electron chi connectivity index (χ3n) is 2.73. The number of nitrogens with zero attached hydrogens (tertiary/aromatic N) is 1. The molecule has 1 heterocycles. The summed E-state index contributed by atoms with van der Waals surface area (Å²) in [6, 6.07) is 0. The second-order valence-electron chi connectivity index (χ2n) is 3.80. The van der Waals surface area contributed by atoms with Crippen molar-refractivity contribution in [2.45, 2.75) is 31.4 Å². The molecule has 0 bridgehead atoms. The number of carbonyl (C=O) groups is 2. The van der Waals surface area contributed by atoms with Gasteiger partial charge in [-0.1, -0.05) is 0 Å². The van der Waals surface area contributed by atoms with Crippen molar-refractivity contribution in [3.63, 3.8) is 0 Å². The van der Waals surface area contributed by atoms with Crippen LogP contribution in [-0.2, 0) is 14.3 Å². The first-order valence-corrected chi connectivity index (χ1v) is 6.92. The maximum Gasteiger partial charge on any atom is 0.315 e. The monoisotopic (exact) mass is 245 g/mol. The molecule has 0 unspecified atom stereocenters. The van der Waals surface area contributed by atoms with E-state index in [1.807, 2.05) is 11.8 Å². The van der Waals surface area contributed by atoms with E-state index >= 15 is 0 Å². The molecule has 0 N–H and O–H groups in total. The fraction of sp³-hybridized carbons (Fsp3) is 0.818. The fourth-order valence-corrected chi connectivity index (χ4v) is 2.47. The second-order valence-corrected chi connectivity index (χ2v) is 4.94. The molecule has 4 nitrogen and oxygen atoms in total. The van der Waals surface area contributed by atoms with Crippen molar-refractivity contribution >= 4 is 23.6 Å². The largest absolute Gasteiger partial charge is 0.466 e. The van der Waals surface area contributed by atoms with E-state index in [2.05, 4.69) is 6.26 Å². The first kappa shape index (κ1) is 13.4. The Morgan fingerprint density at radius 3 is 2.50 bits per heavy atom. The van der Waals surface area contributed by atoms with Crippen LogP contribution in [0.3, 0.4) is 0 Å². The van der Waals surface area contributed by atoms with Gasteiger partial charge in [0.1, 0.15) is 6.42 Å². The highest BCUT2D eigenvalue weighted by Crippen LogP contribution is 2.21. The number of piperidine rings is 1. The number of ether oxygens (including phenoxy) is 1. The van der Waals surface area contributed by atoms with E-state index in [1.54, 1.807) is 11.8 Å². The van der Waals surface area contributed by atoms with Crippen LogP contribution in [0, 0.1) is 0 Å². The van der Waals surface area contributed by atoms with Crippen molar-refractivity contribution in [2.75, 3.05) is 26.0 Å². The van der Waals surface area contributed by atoms with Crippen LogP contribution in [0.1, 0.15) is 26.2 Å². The molecule has 92 valence electrons. The lowest BCUT2D eigenvalue weighted by Crippen LogP contribution is -2.40. The quantitative estimate of drug-likeness (QED) is 0.553. The van der Waals surface area contributed by atoms with Crippen LogP contribution >= 0.6 is 11.8 Å². The molecule has 0 aromatic rings. The molecule has 0 aliphatic carbocycles. The van der Waals surface area contributed by atoms with Crippen molar-refractivity contribution < 1.29 is 14.3 Å². The summed E-state index contributed by atoms with van der Waals surface area (Å²) >= 11 is 1.85.